The molecule has 3 aromatic rings. The first-order valence-corrected chi connectivity index (χ1v) is 7.44. The number of hydrogen-bond acceptors (Lipinski definition) is 2. The molecule has 3 rings (SSSR count). The molecule has 1 N–H and O–H groups in total. The van der Waals surface area contributed by atoms with Gasteiger partial charge < -0.3 is 9.88 Å². The lowest BCUT2D eigenvalue weighted by Crippen LogP contribution is -2.12. The van der Waals surface area contributed by atoms with Crippen molar-refractivity contribution in [3.8, 4) is 0 Å². The normalized spacial score (nSPS) is 12.6. The predicted octanol–water partition coefficient (Wildman–Crippen LogP) is 5.05. The maximum absolute atomic E-state index is 6.03. The van der Waals surface area contributed by atoms with Gasteiger partial charge in [0.25, 0.3) is 0 Å². The zero-order valence-corrected chi connectivity index (χ0v) is 13.3. The lowest BCUT2D eigenvalue weighted by molar-refractivity contribution is 0.734. The highest BCUT2D eigenvalue weighted by Gasteiger charge is 2.14. The summed E-state index contributed by atoms with van der Waals surface area (Å²) < 4.78 is 2.10. The van der Waals surface area contributed by atoms with Crippen LogP contribution in [0.25, 0.3) is 11.0 Å². The van der Waals surface area contributed by atoms with Crippen LogP contribution < -0.4 is 5.32 Å². The molecule has 1 aromatic heterocycles. The molecule has 0 radical (unpaired) electrons. The molecule has 0 aliphatic carbocycles. The Hall–Kier alpha value is -1.71. The molecule has 0 aliphatic rings. The monoisotopic (exact) mass is 319 g/mol. The summed E-state index contributed by atoms with van der Waals surface area (Å²) in [5.41, 5.74) is 2.99. The standard InChI is InChI=1S/C16H15Cl2N3/c1-10(19-13-8-11(17)7-12(18)9-13)16-20-14-5-3-4-6-15(14)21(16)2/h3-10,19H,1-2H3. The Bertz CT molecular complexity index is 775. The van der Waals surface area contributed by atoms with Crippen LogP contribution in [0, 0.1) is 0 Å². The van der Waals surface area contributed by atoms with Gasteiger partial charge in [-0.05, 0) is 37.3 Å². The van der Waals surface area contributed by atoms with Gasteiger partial charge in [0.05, 0.1) is 17.1 Å². The van der Waals surface area contributed by atoms with E-state index in [1.165, 1.54) is 0 Å². The van der Waals surface area contributed by atoms with Crippen molar-refractivity contribution in [3.63, 3.8) is 0 Å². The van der Waals surface area contributed by atoms with Crippen LogP contribution in [-0.2, 0) is 7.05 Å². The molecule has 0 amide bonds. The van der Waals surface area contributed by atoms with Gasteiger partial charge in [0.2, 0.25) is 0 Å². The van der Waals surface area contributed by atoms with Crippen molar-refractivity contribution >= 4 is 39.9 Å². The molecule has 0 fully saturated rings. The quantitative estimate of drug-likeness (QED) is 0.731. The van der Waals surface area contributed by atoms with Gasteiger partial charge in [0.1, 0.15) is 5.82 Å². The third kappa shape index (κ3) is 2.85. The van der Waals surface area contributed by atoms with Crippen molar-refractivity contribution in [1.82, 2.24) is 9.55 Å². The zero-order valence-electron chi connectivity index (χ0n) is 11.8. The fourth-order valence-corrected chi connectivity index (χ4v) is 3.03. The Labute approximate surface area is 133 Å². The number of nitrogens with one attached hydrogen (secondary N) is 1. The van der Waals surface area contributed by atoms with Gasteiger partial charge in [0.15, 0.2) is 0 Å². The highest BCUT2D eigenvalue weighted by molar-refractivity contribution is 6.35. The van der Waals surface area contributed by atoms with E-state index >= 15 is 0 Å². The van der Waals surface area contributed by atoms with Crippen molar-refractivity contribution in [2.24, 2.45) is 7.05 Å². The van der Waals surface area contributed by atoms with Crippen molar-refractivity contribution in [2.45, 2.75) is 13.0 Å². The van der Waals surface area contributed by atoms with E-state index in [1.807, 2.05) is 37.4 Å². The highest BCUT2D eigenvalue weighted by Crippen LogP contribution is 2.27. The van der Waals surface area contributed by atoms with E-state index in [0.717, 1.165) is 22.5 Å². The molecule has 0 aliphatic heterocycles. The van der Waals surface area contributed by atoms with E-state index in [2.05, 4.69) is 27.9 Å². The molecule has 0 spiro atoms. The maximum Gasteiger partial charge on any atom is 0.131 e. The number of aryl methyl sites for hydroxylation is 1. The summed E-state index contributed by atoms with van der Waals surface area (Å²) in [5, 5.41) is 4.62. The Morgan fingerprint density at radius 3 is 2.43 bits per heavy atom. The number of aromatic nitrogens is 2. The van der Waals surface area contributed by atoms with Crippen molar-refractivity contribution in [2.75, 3.05) is 5.32 Å². The first-order chi connectivity index (χ1) is 10.0. The lowest BCUT2D eigenvalue weighted by atomic mass is 10.2. The predicted molar refractivity (Wildman–Crippen MR) is 89.2 cm³/mol. The van der Waals surface area contributed by atoms with Crippen LogP contribution in [0.5, 0.6) is 0 Å². The van der Waals surface area contributed by atoms with Gasteiger partial charge >= 0.3 is 0 Å². The molecule has 21 heavy (non-hydrogen) atoms. The number of nitrogens with zero attached hydrogens (tertiary/aromatic N) is 2. The van der Waals surface area contributed by atoms with Crippen LogP contribution in [0.1, 0.15) is 18.8 Å². The summed E-state index contributed by atoms with van der Waals surface area (Å²) in [6.07, 6.45) is 0. The largest absolute Gasteiger partial charge is 0.375 e. The summed E-state index contributed by atoms with van der Waals surface area (Å²) in [7, 11) is 2.02. The van der Waals surface area contributed by atoms with Crippen LogP contribution in [0.3, 0.4) is 0 Å². The summed E-state index contributed by atoms with van der Waals surface area (Å²) in [6.45, 7) is 2.07. The van der Waals surface area contributed by atoms with E-state index in [1.54, 1.807) is 6.07 Å². The Kier molecular flexibility index (Phi) is 3.79. The minimum atomic E-state index is 0.0388. The second kappa shape index (κ2) is 5.58. The van der Waals surface area contributed by atoms with Crippen LogP contribution in [0.4, 0.5) is 5.69 Å². The van der Waals surface area contributed by atoms with E-state index in [0.29, 0.717) is 10.0 Å². The Morgan fingerprint density at radius 1 is 1.10 bits per heavy atom. The van der Waals surface area contributed by atoms with Gasteiger partial charge in [-0.2, -0.15) is 0 Å². The molecule has 3 nitrogen and oxygen atoms in total. The number of para-hydroxylation sites is 2. The highest BCUT2D eigenvalue weighted by atomic mass is 35.5. The van der Waals surface area contributed by atoms with Gasteiger partial charge in [-0.15, -0.1) is 0 Å². The first kappa shape index (κ1) is 14.2. The lowest BCUT2D eigenvalue weighted by Gasteiger charge is -2.15. The zero-order chi connectivity index (χ0) is 15.0. The number of rotatable bonds is 3. The molecule has 0 saturated heterocycles. The number of halogens is 2. The third-order valence-electron chi connectivity index (χ3n) is 3.45. The third-order valence-corrected chi connectivity index (χ3v) is 3.89. The van der Waals surface area contributed by atoms with Crippen molar-refractivity contribution < 1.29 is 0 Å². The first-order valence-electron chi connectivity index (χ1n) is 6.68. The fraction of sp³-hybridized carbons (Fsp3) is 0.188. The molecule has 1 heterocycles. The second-order valence-corrected chi connectivity index (χ2v) is 5.91. The smallest absolute Gasteiger partial charge is 0.131 e. The topological polar surface area (TPSA) is 29.9 Å². The summed E-state index contributed by atoms with van der Waals surface area (Å²) in [4.78, 5) is 4.69. The van der Waals surface area contributed by atoms with Gasteiger partial charge in [-0.1, -0.05) is 35.3 Å². The van der Waals surface area contributed by atoms with E-state index in [-0.39, 0.29) is 6.04 Å². The summed E-state index contributed by atoms with van der Waals surface area (Å²) in [5.74, 6) is 0.965. The second-order valence-electron chi connectivity index (χ2n) is 5.04. The molecule has 1 atom stereocenters. The Balaban J connectivity index is 1.93. The van der Waals surface area contributed by atoms with E-state index in [4.69, 9.17) is 23.2 Å². The summed E-state index contributed by atoms with van der Waals surface area (Å²) >= 11 is 12.1. The molecule has 0 saturated carbocycles. The van der Waals surface area contributed by atoms with Crippen LogP contribution >= 0.6 is 23.2 Å². The molecule has 1 unspecified atom stereocenters. The minimum Gasteiger partial charge on any atom is -0.375 e. The molecule has 2 aromatic carbocycles. The van der Waals surface area contributed by atoms with Gasteiger partial charge in [-0.3, -0.25) is 0 Å². The molecule has 0 bridgehead atoms. The maximum atomic E-state index is 6.03. The van der Waals surface area contributed by atoms with Crippen molar-refractivity contribution in [3.05, 3.63) is 58.3 Å². The van der Waals surface area contributed by atoms with Crippen LogP contribution in [-0.4, -0.2) is 9.55 Å². The number of hydrogen-bond donors (Lipinski definition) is 1. The van der Waals surface area contributed by atoms with Crippen LogP contribution in [0.2, 0.25) is 10.0 Å². The van der Waals surface area contributed by atoms with Crippen LogP contribution in [0.15, 0.2) is 42.5 Å². The number of imidazole rings is 1. The average Bonchev–Trinajstić information content (AvgIpc) is 2.76. The molecular formula is C16H15Cl2N3. The molecule has 5 heteroatoms. The average molecular weight is 320 g/mol. The number of benzene rings is 2. The SMILES string of the molecule is CC(Nc1cc(Cl)cc(Cl)c1)c1nc2ccccc2n1C. The number of anilines is 1. The number of fused-ring (bicyclic) bond motifs is 1. The van der Waals surface area contributed by atoms with Crippen molar-refractivity contribution in [1.29, 1.82) is 0 Å². The van der Waals surface area contributed by atoms with Gasteiger partial charge in [0, 0.05) is 22.8 Å². The van der Waals surface area contributed by atoms with E-state index in [9.17, 15) is 0 Å². The molecular weight excluding hydrogens is 305 g/mol. The van der Waals surface area contributed by atoms with Gasteiger partial charge in [-0.25, -0.2) is 4.98 Å². The summed E-state index contributed by atoms with van der Waals surface area (Å²) in [6, 6.07) is 13.6. The fourth-order valence-electron chi connectivity index (χ4n) is 2.50. The van der Waals surface area contributed by atoms with E-state index < -0.39 is 0 Å². The Morgan fingerprint density at radius 2 is 1.76 bits per heavy atom. The molecule has 108 valence electrons. The minimum absolute atomic E-state index is 0.0388.